The lowest BCUT2D eigenvalue weighted by molar-refractivity contribution is 0.103. The standard InChI is InChI=1S/C14H11F2NO3S/c1-21(19,20)17-10-7-5-9(6-8-10)14(18)13-11(15)3-2-4-12(13)16/h2-8,17H,1H3. The number of benzene rings is 2. The third-order valence-electron chi connectivity index (χ3n) is 2.64. The molecule has 7 heteroatoms. The van der Waals surface area contributed by atoms with Crippen LogP contribution in [0.5, 0.6) is 0 Å². The SMILES string of the molecule is CS(=O)(=O)Nc1ccc(C(=O)c2c(F)cccc2F)cc1. The zero-order chi connectivity index (χ0) is 15.6. The first-order valence-corrected chi connectivity index (χ1v) is 7.73. The van der Waals surface area contributed by atoms with Crippen molar-refractivity contribution in [2.45, 2.75) is 0 Å². The molecule has 2 aromatic carbocycles. The normalized spacial score (nSPS) is 11.2. The maximum absolute atomic E-state index is 13.5. The van der Waals surface area contributed by atoms with Gasteiger partial charge in [0.15, 0.2) is 5.78 Å². The molecular weight excluding hydrogens is 300 g/mol. The lowest BCUT2D eigenvalue weighted by Gasteiger charge is -2.06. The largest absolute Gasteiger partial charge is 0.288 e. The molecule has 0 saturated heterocycles. The van der Waals surface area contributed by atoms with E-state index in [1.807, 2.05) is 0 Å². The van der Waals surface area contributed by atoms with E-state index in [1.165, 1.54) is 30.3 Å². The van der Waals surface area contributed by atoms with Crippen molar-refractivity contribution in [2.24, 2.45) is 0 Å². The first-order valence-electron chi connectivity index (χ1n) is 5.84. The van der Waals surface area contributed by atoms with Crippen LogP contribution < -0.4 is 4.72 Å². The van der Waals surface area contributed by atoms with Crippen LogP contribution in [0.25, 0.3) is 0 Å². The molecule has 4 nitrogen and oxygen atoms in total. The number of nitrogens with one attached hydrogen (secondary N) is 1. The average Bonchev–Trinajstić information content (AvgIpc) is 2.37. The summed E-state index contributed by atoms with van der Waals surface area (Å²) in [5, 5.41) is 0. The highest BCUT2D eigenvalue weighted by Crippen LogP contribution is 2.19. The fourth-order valence-corrected chi connectivity index (χ4v) is 2.33. The maximum Gasteiger partial charge on any atom is 0.229 e. The van der Waals surface area contributed by atoms with Crippen LogP contribution in [0.15, 0.2) is 42.5 Å². The number of halogens is 2. The minimum absolute atomic E-state index is 0.0538. The van der Waals surface area contributed by atoms with E-state index in [-0.39, 0.29) is 11.3 Å². The second kappa shape index (κ2) is 5.61. The Balaban J connectivity index is 2.33. The molecule has 2 aromatic rings. The highest BCUT2D eigenvalue weighted by Gasteiger charge is 2.18. The zero-order valence-electron chi connectivity index (χ0n) is 10.9. The van der Waals surface area contributed by atoms with E-state index in [9.17, 15) is 22.0 Å². The summed E-state index contributed by atoms with van der Waals surface area (Å²) in [5.74, 6) is -2.70. The first kappa shape index (κ1) is 15.1. The summed E-state index contributed by atoms with van der Waals surface area (Å²) in [6.45, 7) is 0. The van der Waals surface area contributed by atoms with Gasteiger partial charge in [0.25, 0.3) is 0 Å². The molecule has 0 aliphatic carbocycles. The molecule has 21 heavy (non-hydrogen) atoms. The Labute approximate surface area is 120 Å². The molecule has 0 unspecified atom stereocenters. The van der Waals surface area contributed by atoms with Crippen LogP contribution in [0, 0.1) is 11.6 Å². The molecule has 0 atom stereocenters. The molecule has 110 valence electrons. The smallest absolute Gasteiger partial charge is 0.229 e. The number of carbonyl (C=O) groups is 1. The number of anilines is 1. The van der Waals surface area contributed by atoms with Gasteiger partial charge in [-0.25, -0.2) is 17.2 Å². The third-order valence-corrected chi connectivity index (χ3v) is 3.25. The van der Waals surface area contributed by atoms with Gasteiger partial charge in [-0.3, -0.25) is 9.52 Å². The van der Waals surface area contributed by atoms with Crippen molar-refractivity contribution in [3.8, 4) is 0 Å². The first-order chi connectivity index (χ1) is 9.78. The summed E-state index contributed by atoms with van der Waals surface area (Å²) in [6.07, 6.45) is 0.987. The Hall–Kier alpha value is -2.28. The molecule has 0 fully saturated rings. The molecular formula is C14H11F2NO3S. The van der Waals surface area contributed by atoms with Gasteiger partial charge in [0.2, 0.25) is 10.0 Å². The summed E-state index contributed by atoms with van der Waals surface area (Å²) in [5.41, 5.74) is -0.331. The lowest BCUT2D eigenvalue weighted by atomic mass is 10.0. The topological polar surface area (TPSA) is 63.2 Å². The van der Waals surface area contributed by atoms with E-state index in [1.54, 1.807) is 0 Å². The quantitative estimate of drug-likeness (QED) is 0.883. The maximum atomic E-state index is 13.5. The monoisotopic (exact) mass is 311 g/mol. The van der Waals surface area contributed by atoms with E-state index in [4.69, 9.17) is 0 Å². The van der Waals surface area contributed by atoms with Crippen molar-refractivity contribution in [1.29, 1.82) is 0 Å². The zero-order valence-corrected chi connectivity index (χ0v) is 11.7. The van der Waals surface area contributed by atoms with E-state index in [2.05, 4.69) is 4.72 Å². The van der Waals surface area contributed by atoms with Crippen molar-refractivity contribution >= 4 is 21.5 Å². The molecule has 0 aliphatic heterocycles. The van der Waals surface area contributed by atoms with Gasteiger partial charge in [0.1, 0.15) is 11.6 Å². The lowest BCUT2D eigenvalue weighted by Crippen LogP contribution is -2.10. The second-order valence-corrected chi connectivity index (χ2v) is 6.13. The Morgan fingerprint density at radius 3 is 2.00 bits per heavy atom. The van der Waals surface area contributed by atoms with Gasteiger partial charge in [0.05, 0.1) is 11.8 Å². The Morgan fingerprint density at radius 1 is 1.00 bits per heavy atom. The number of ketones is 1. The highest BCUT2D eigenvalue weighted by molar-refractivity contribution is 7.92. The van der Waals surface area contributed by atoms with Crippen LogP contribution >= 0.6 is 0 Å². The molecule has 0 aromatic heterocycles. The molecule has 0 saturated carbocycles. The molecule has 0 radical (unpaired) electrons. The average molecular weight is 311 g/mol. The summed E-state index contributed by atoms with van der Waals surface area (Å²) in [4.78, 5) is 12.1. The van der Waals surface area contributed by atoms with Gasteiger partial charge in [-0.1, -0.05) is 6.07 Å². The molecule has 0 spiro atoms. The fraction of sp³-hybridized carbons (Fsp3) is 0.0714. The molecule has 0 amide bonds. The number of hydrogen-bond donors (Lipinski definition) is 1. The van der Waals surface area contributed by atoms with Crippen LogP contribution in [0.1, 0.15) is 15.9 Å². The number of hydrogen-bond acceptors (Lipinski definition) is 3. The summed E-state index contributed by atoms with van der Waals surface area (Å²) >= 11 is 0. The van der Waals surface area contributed by atoms with Crippen LogP contribution in [-0.4, -0.2) is 20.5 Å². The molecule has 2 rings (SSSR count). The summed E-state index contributed by atoms with van der Waals surface area (Å²) in [7, 11) is -3.43. The summed E-state index contributed by atoms with van der Waals surface area (Å²) in [6, 6.07) is 8.43. The molecule has 0 aliphatic rings. The van der Waals surface area contributed by atoms with Crippen molar-refractivity contribution in [3.05, 3.63) is 65.2 Å². The van der Waals surface area contributed by atoms with Gasteiger partial charge in [0, 0.05) is 11.3 Å². The Bertz CT molecular complexity index is 766. The Morgan fingerprint density at radius 2 is 1.52 bits per heavy atom. The van der Waals surface area contributed by atoms with Gasteiger partial charge in [-0.05, 0) is 36.4 Å². The highest BCUT2D eigenvalue weighted by atomic mass is 32.2. The predicted molar refractivity (Wildman–Crippen MR) is 74.7 cm³/mol. The fourth-order valence-electron chi connectivity index (χ4n) is 1.76. The van der Waals surface area contributed by atoms with E-state index in [0.717, 1.165) is 18.4 Å². The third kappa shape index (κ3) is 3.63. The number of carbonyl (C=O) groups excluding carboxylic acids is 1. The summed E-state index contributed by atoms with van der Waals surface area (Å²) < 4.78 is 51.4. The van der Waals surface area contributed by atoms with Crippen LogP contribution in [-0.2, 0) is 10.0 Å². The van der Waals surface area contributed by atoms with E-state index < -0.39 is 33.0 Å². The van der Waals surface area contributed by atoms with Gasteiger partial charge in [-0.15, -0.1) is 0 Å². The van der Waals surface area contributed by atoms with Crippen LogP contribution in [0.2, 0.25) is 0 Å². The van der Waals surface area contributed by atoms with Crippen molar-refractivity contribution in [3.63, 3.8) is 0 Å². The molecule has 0 bridgehead atoms. The van der Waals surface area contributed by atoms with Gasteiger partial charge >= 0.3 is 0 Å². The van der Waals surface area contributed by atoms with E-state index in [0.29, 0.717) is 0 Å². The van der Waals surface area contributed by atoms with Gasteiger partial charge < -0.3 is 0 Å². The molecule has 0 heterocycles. The van der Waals surface area contributed by atoms with Crippen molar-refractivity contribution < 1.29 is 22.0 Å². The number of sulfonamides is 1. The Kier molecular flexibility index (Phi) is 4.04. The minimum atomic E-state index is -3.43. The van der Waals surface area contributed by atoms with Crippen molar-refractivity contribution in [2.75, 3.05) is 11.0 Å². The predicted octanol–water partition coefficient (Wildman–Crippen LogP) is 2.57. The van der Waals surface area contributed by atoms with Crippen LogP contribution in [0.3, 0.4) is 0 Å². The van der Waals surface area contributed by atoms with Gasteiger partial charge in [-0.2, -0.15) is 0 Å². The van der Waals surface area contributed by atoms with Crippen LogP contribution in [0.4, 0.5) is 14.5 Å². The minimum Gasteiger partial charge on any atom is -0.288 e. The molecule has 1 N–H and O–H groups in total. The van der Waals surface area contributed by atoms with E-state index >= 15 is 0 Å². The second-order valence-electron chi connectivity index (χ2n) is 4.38. The number of rotatable bonds is 4. The van der Waals surface area contributed by atoms with Crippen molar-refractivity contribution in [1.82, 2.24) is 0 Å².